The number of carbonyl (C=O) groups is 2. The van der Waals surface area contributed by atoms with Crippen molar-refractivity contribution < 1.29 is 14.3 Å². The first-order chi connectivity index (χ1) is 9.69. The van der Waals surface area contributed by atoms with Gasteiger partial charge >= 0.3 is 6.09 Å². The van der Waals surface area contributed by atoms with Crippen molar-refractivity contribution in [3.63, 3.8) is 0 Å². The smallest absolute Gasteiger partial charge is 0.410 e. The van der Waals surface area contributed by atoms with Gasteiger partial charge in [0.2, 0.25) is 5.91 Å². The van der Waals surface area contributed by atoms with Gasteiger partial charge in [-0.15, -0.1) is 0 Å². The van der Waals surface area contributed by atoms with E-state index in [0.717, 1.165) is 19.4 Å². The van der Waals surface area contributed by atoms with E-state index in [1.54, 1.807) is 4.90 Å². The third kappa shape index (κ3) is 10.2. The van der Waals surface area contributed by atoms with Crippen LogP contribution >= 0.6 is 0 Å². The van der Waals surface area contributed by atoms with Crippen LogP contribution in [0.25, 0.3) is 0 Å². The maximum absolute atomic E-state index is 11.9. The largest absolute Gasteiger partial charge is 0.444 e. The average Bonchev–Trinajstić information content (AvgIpc) is 2.35. The third-order valence-corrected chi connectivity index (χ3v) is 2.81. The van der Waals surface area contributed by atoms with Crippen LogP contribution in [0.4, 0.5) is 4.79 Å². The number of amides is 2. The zero-order valence-corrected chi connectivity index (χ0v) is 14.5. The molecule has 1 saturated heterocycles. The van der Waals surface area contributed by atoms with Gasteiger partial charge in [-0.3, -0.25) is 4.79 Å². The first-order valence-electron chi connectivity index (χ1n) is 7.92. The van der Waals surface area contributed by atoms with E-state index in [2.05, 4.69) is 19.2 Å². The van der Waals surface area contributed by atoms with Crippen molar-refractivity contribution in [1.29, 1.82) is 0 Å². The number of nitrogens with zero attached hydrogens (tertiary/aromatic N) is 1. The maximum atomic E-state index is 11.9. The minimum Gasteiger partial charge on any atom is -0.444 e. The van der Waals surface area contributed by atoms with Crippen LogP contribution < -0.4 is 5.32 Å². The molecule has 1 aliphatic rings. The molecule has 0 spiro atoms. The Balaban J connectivity index is 0.00000122. The van der Waals surface area contributed by atoms with Gasteiger partial charge in [0.25, 0.3) is 0 Å². The van der Waals surface area contributed by atoms with E-state index in [1.165, 1.54) is 13.3 Å². The summed E-state index contributed by atoms with van der Waals surface area (Å²) in [5.41, 5.74) is -0.457. The molecule has 5 nitrogen and oxygen atoms in total. The normalized spacial score (nSPS) is 18.4. The highest BCUT2D eigenvalue weighted by Crippen LogP contribution is 2.18. The molecule has 0 bridgehead atoms. The van der Waals surface area contributed by atoms with Crippen LogP contribution in [0.1, 0.15) is 60.8 Å². The van der Waals surface area contributed by atoms with Crippen molar-refractivity contribution in [2.45, 2.75) is 66.4 Å². The molecule has 0 aromatic carbocycles. The molecule has 1 fully saturated rings. The summed E-state index contributed by atoms with van der Waals surface area (Å²) < 4.78 is 5.35. The lowest BCUT2D eigenvalue weighted by Gasteiger charge is -2.34. The van der Waals surface area contributed by atoms with Crippen molar-refractivity contribution >= 4 is 12.0 Å². The van der Waals surface area contributed by atoms with Gasteiger partial charge in [-0.05, 0) is 39.5 Å². The SMILES string of the molecule is CC(=O)NCC1CCCN(C(=O)OC(C)(C)C)C1.CCC. The van der Waals surface area contributed by atoms with Crippen molar-refractivity contribution in [3.05, 3.63) is 0 Å². The second kappa shape index (κ2) is 9.64. The predicted octanol–water partition coefficient (Wildman–Crippen LogP) is 3.19. The molecule has 2 amide bonds. The Labute approximate surface area is 129 Å². The van der Waals surface area contributed by atoms with E-state index < -0.39 is 5.60 Å². The van der Waals surface area contributed by atoms with Gasteiger partial charge in [-0.2, -0.15) is 0 Å². The van der Waals surface area contributed by atoms with E-state index in [4.69, 9.17) is 4.74 Å². The molecule has 1 unspecified atom stereocenters. The zero-order valence-electron chi connectivity index (χ0n) is 14.5. The van der Waals surface area contributed by atoms with E-state index in [1.807, 2.05) is 20.8 Å². The molecular formula is C16H32N2O3. The first kappa shape index (κ1) is 19.7. The Kier molecular flexibility index (Phi) is 9.06. The molecule has 0 aromatic rings. The van der Waals surface area contributed by atoms with Gasteiger partial charge in [0.15, 0.2) is 0 Å². The fourth-order valence-electron chi connectivity index (χ4n) is 2.01. The van der Waals surface area contributed by atoms with Crippen molar-refractivity contribution in [2.24, 2.45) is 5.92 Å². The lowest BCUT2D eigenvalue weighted by Crippen LogP contribution is -2.45. The number of hydrogen-bond donors (Lipinski definition) is 1. The molecule has 124 valence electrons. The van der Waals surface area contributed by atoms with E-state index in [9.17, 15) is 9.59 Å². The van der Waals surface area contributed by atoms with Gasteiger partial charge in [-0.1, -0.05) is 20.3 Å². The highest BCUT2D eigenvalue weighted by Gasteiger charge is 2.27. The Morgan fingerprint density at radius 2 is 1.86 bits per heavy atom. The zero-order chi connectivity index (χ0) is 16.5. The Morgan fingerprint density at radius 3 is 2.33 bits per heavy atom. The standard InChI is InChI=1S/C13H24N2O3.C3H8/c1-10(16)14-8-11-6-5-7-15(9-11)12(17)18-13(2,3)4;1-3-2/h11H,5-9H2,1-4H3,(H,14,16);3H2,1-2H3. The molecule has 1 aliphatic heterocycles. The Morgan fingerprint density at radius 1 is 1.29 bits per heavy atom. The summed E-state index contributed by atoms with van der Waals surface area (Å²) in [6.07, 6.45) is 3.00. The highest BCUT2D eigenvalue weighted by molar-refractivity contribution is 5.72. The summed E-state index contributed by atoms with van der Waals surface area (Å²) in [5, 5.41) is 2.81. The molecule has 0 aliphatic carbocycles. The van der Waals surface area contributed by atoms with Gasteiger partial charge in [0.1, 0.15) is 5.60 Å². The highest BCUT2D eigenvalue weighted by atomic mass is 16.6. The van der Waals surface area contributed by atoms with Gasteiger partial charge in [0.05, 0.1) is 0 Å². The number of likely N-dealkylation sites (tertiary alicyclic amines) is 1. The summed E-state index contributed by atoms with van der Waals surface area (Å²) in [5.74, 6) is 0.305. The number of piperidine rings is 1. The van der Waals surface area contributed by atoms with Crippen LogP contribution in [0.3, 0.4) is 0 Å². The average molecular weight is 300 g/mol. The Hall–Kier alpha value is -1.26. The van der Waals surface area contributed by atoms with Crippen LogP contribution in [0.2, 0.25) is 0 Å². The Bertz CT molecular complexity index is 324. The minimum atomic E-state index is -0.457. The molecule has 1 N–H and O–H groups in total. The summed E-state index contributed by atoms with van der Waals surface area (Å²) >= 11 is 0. The third-order valence-electron chi connectivity index (χ3n) is 2.81. The summed E-state index contributed by atoms with van der Waals surface area (Å²) in [7, 11) is 0. The number of rotatable bonds is 2. The molecule has 1 atom stereocenters. The second-order valence-electron chi connectivity index (χ2n) is 6.58. The lowest BCUT2D eigenvalue weighted by molar-refractivity contribution is -0.119. The molecule has 5 heteroatoms. The molecular weight excluding hydrogens is 268 g/mol. The first-order valence-corrected chi connectivity index (χ1v) is 7.92. The molecule has 0 aromatic heterocycles. The van der Waals surface area contributed by atoms with E-state index in [-0.39, 0.29) is 12.0 Å². The van der Waals surface area contributed by atoms with Gasteiger partial charge < -0.3 is 15.0 Å². The fourth-order valence-corrected chi connectivity index (χ4v) is 2.01. The summed E-state index contributed by atoms with van der Waals surface area (Å²) in [6.45, 7) is 13.4. The van der Waals surface area contributed by atoms with Crippen LogP contribution in [0.15, 0.2) is 0 Å². The number of hydrogen-bond acceptors (Lipinski definition) is 3. The topological polar surface area (TPSA) is 58.6 Å². The molecule has 0 saturated carbocycles. The van der Waals surface area contributed by atoms with Crippen molar-refractivity contribution in [3.8, 4) is 0 Å². The second-order valence-corrected chi connectivity index (χ2v) is 6.58. The van der Waals surface area contributed by atoms with E-state index in [0.29, 0.717) is 19.0 Å². The predicted molar refractivity (Wildman–Crippen MR) is 85.2 cm³/mol. The number of ether oxygens (including phenoxy) is 1. The monoisotopic (exact) mass is 300 g/mol. The van der Waals surface area contributed by atoms with Crippen LogP contribution in [0.5, 0.6) is 0 Å². The van der Waals surface area contributed by atoms with Crippen LogP contribution in [0, 0.1) is 5.92 Å². The van der Waals surface area contributed by atoms with Crippen LogP contribution in [-0.2, 0) is 9.53 Å². The summed E-state index contributed by atoms with van der Waals surface area (Å²) in [4.78, 5) is 24.5. The molecule has 0 radical (unpaired) electrons. The van der Waals surface area contributed by atoms with E-state index >= 15 is 0 Å². The van der Waals surface area contributed by atoms with Crippen molar-refractivity contribution in [2.75, 3.05) is 19.6 Å². The molecule has 1 rings (SSSR count). The van der Waals surface area contributed by atoms with Gasteiger partial charge in [0, 0.05) is 26.6 Å². The fraction of sp³-hybridized carbons (Fsp3) is 0.875. The van der Waals surface area contributed by atoms with Gasteiger partial charge in [-0.25, -0.2) is 4.79 Å². The van der Waals surface area contributed by atoms with Crippen LogP contribution in [-0.4, -0.2) is 42.1 Å². The summed E-state index contributed by atoms with van der Waals surface area (Å²) in [6, 6.07) is 0. The molecule has 1 heterocycles. The maximum Gasteiger partial charge on any atom is 0.410 e. The lowest BCUT2D eigenvalue weighted by atomic mass is 9.98. The quantitative estimate of drug-likeness (QED) is 0.852. The minimum absolute atomic E-state index is 0.0237. The number of nitrogens with one attached hydrogen (secondary N) is 1. The number of carbonyl (C=O) groups excluding carboxylic acids is 2. The molecule has 21 heavy (non-hydrogen) atoms. The van der Waals surface area contributed by atoms with Crippen molar-refractivity contribution in [1.82, 2.24) is 10.2 Å².